The maximum absolute atomic E-state index is 13.6. The van der Waals surface area contributed by atoms with E-state index in [2.05, 4.69) is 4.74 Å². The number of anilines is 2. The van der Waals surface area contributed by atoms with Gasteiger partial charge in [-0.3, -0.25) is 0 Å². The van der Waals surface area contributed by atoms with Gasteiger partial charge in [-0.05, 0) is 5.92 Å². The van der Waals surface area contributed by atoms with Crippen molar-refractivity contribution < 1.29 is 22.6 Å². The first-order chi connectivity index (χ1) is 9.85. The van der Waals surface area contributed by atoms with Gasteiger partial charge in [-0.25, -0.2) is 4.39 Å². The standard InChI is InChI=1S/C14H21F3N2O2/c1-9(2)8-19(4-5-20-3)12-7-13(21-14(16)17)10(15)6-11(12)18/h6-7,9,14H,4-5,8,18H2,1-3H3. The summed E-state index contributed by atoms with van der Waals surface area (Å²) < 4.78 is 47.4. The smallest absolute Gasteiger partial charge is 0.387 e. The molecule has 0 aliphatic heterocycles. The monoisotopic (exact) mass is 306 g/mol. The van der Waals surface area contributed by atoms with Gasteiger partial charge in [-0.15, -0.1) is 0 Å². The van der Waals surface area contributed by atoms with Crippen LogP contribution in [0.25, 0.3) is 0 Å². The Labute approximate surface area is 122 Å². The van der Waals surface area contributed by atoms with Crippen LogP contribution >= 0.6 is 0 Å². The second-order valence-corrected chi connectivity index (χ2v) is 5.05. The molecule has 1 aromatic rings. The number of benzene rings is 1. The van der Waals surface area contributed by atoms with Gasteiger partial charge in [0.25, 0.3) is 0 Å². The summed E-state index contributed by atoms with van der Waals surface area (Å²) >= 11 is 0. The fraction of sp³-hybridized carbons (Fsp3) is 0.571. The number of alkyl halides is 2. The van der Waals surface area contributed by atoms with E-state index in [9.17, 15) is 13.2 Å². The number of halogens is 3. The van der Waals surface area contributed by atoms with Crippen molar-refractivity contribution in [2.24, 2.45) is 5.92 Å². The van der Waals surface area contributed by atoms with E-state index in [-0.39, 0.29) is 5.69 Å². The quantitative estimate of drug-likeness (QED) is 0.750. The number of ether oxygens (including phenoxy) is 2. The third-order valence-electron chi connectivity index (χ3n) is 2.79. The molecule has 1 rings (SSSR count). The summed E-state index contributed by atoms with van der Waals surface area (Å²) in [5, 5.41) is 0. The molecule has 0 bridgehead atoms. The van der Waals surface area contributed by atoms with Crippen LogP contribution in [0.15, 0.2) is 12.1 Å². The molecule has 0 aliphatic rings. The minimum Gasteiger partial charge on any atom is -0.432 e. The van der Waals surface area contributed by atoms with E-state index in [4.69, 9.17) is 10.5 Å². The molecular formula is C14H21F3N2O2. The largest absolute Gasteiger partial charge is 0.432 e. The second kappa shape index (κ2) is 7.97. The van der Waals surface area contributed by atoms with E-state index >= 15 is 0 Å². The third-order valence-corrected chi connectivity index (χ3v) is 2.79. The van der Waals surface area contributed by atoms with Gasteiger partial charge in [0.05, 0.1) is 18.0 Å². The molecule has 0 amide bonds. The number of rotatable bonds is 8. The molecule has 0 fully saturated rings. The highest BCUT2D eigenvalue weighted by atomic mass is 19.3. The Morgan fingerprint density at radius 2 is 1.95 bits per heavy atom. The minimum absolute atomic E-state index is 0.172. The molecule has 7 heteroatoms. The van der Waals surface area contributed by atoms with Crippen LogP contribution < -0.4 is 15.4 Å². The van der Waals surface area contributed by atoms with Crippen molar-refractivity contribution in [3.63, 3.8) is 0 Å². The first-order valence-corrected chi connectivity index (χ1v) is 6.62. The molecular weight excluding hydrogens is 285 g/mol. The lowest BCUT2D eigenvalue weighted by Gasteiger charge is -2.28. The summed E-state index contributed by atoms with van der Waals surface area (Å²) in [6.45, 7) is 2.51. The van der Waals surface area contributed by atoms with Crippen LogP contribution in [0, 0.1) is 11.7 Å². The molecule has 0 heterocycles. The lowest BCUT2D eigenvalue weighted by Crippen LogP contribution is -2.31. The number of nitrogens with two attached hydrogens (primary N) is 1. The van der Waals surface area contributed by atoms with Crippen LogP contribution in [-0.4, -0.2) is 33.4 Å². The summed E-state index contributed by atoms with van der Waals surface area (Å²) in [6, 6.07) is 2.20. The zero-order valence-electron chi connectivity index (χ0n) is 12.4. The molecule has 2 N–H and O–H groups in total. The Balaban J connectivity index is 3.10. The fourth-order valence-corrected chi connectivity index (χ4v) is 1.97. The van der Waals surface area contributed by atoms with Crippen molar-refractivity contribution in [3.05, 3.63) is 17.9 Å². The Bertz CT molecular complexity index is 456. The molecule has 0 saturated heterocycles. The Kier molecular flexibility index (Phi) is 6.61. The van der Waals surface area contributed by atoms with Gasteiger partial charge in [0.1, 0.15) is 0 Å². The predicted molar refractivity (Wildman–Crippen MR) is 76.4 cm³/mol. The van der Waals surface area contributed by atoms with Crippen molar-refractivity contribution >= 4 is 11.4 Å². The normalized spacial score (nSPS) is 11.2. The summed E-state index contributed by atoms with van der Waals surface area (Å²) in [5.41, 5.74) is 6.43. The van der Waals surface area contributed by atoms with Crippen LogP contribution in [0.3, 0.4) is 0 Å². The zero-order chi connectivity index (χ0) is 16.0. The van der Waals surface area contributed by atoms with Gasteiger partial charge in [0.2, 0.25) is 0 Å². The van der Waals surface area contributed by atoms with E-state index in [1.165, 1.54) is 6.07 Å². The Morgan fingerprint density at radius 3 is 2.48 bits per heavy atom. The van der Waals surface area contributed by atoms with Crippen molar-refractivity contribution in [1.29, 1.82) is 0 Å². The Morgan fingerprint density at radius 1 is 1.29 bits per heavy atom. The average Bonchev–Trinajstić information content (AvgIpc) is 2.37. The molecule has 1 aromatic carbocycles. The molecule has 0 aromatic heterocycles. The van der Waals surface area contributed by atoms with Gasteiger partial charge in [0.15, 0.2) is 11.6 Å². The average molecular weight is 306 g/mol. The van der Waals surface area contributed by atoms with E-state index < -0.39 is 18.2 Å². The number of nitrogens with zero attached hydrogens (tertiary/aromatic N) is 1. The number of hydrogen-bond donors (Lipinski definition) is 1. The number of hydrogen-bond acceptors (Lipinski definition) is 4. The highest BCUT2D eigenvalue weighted by Gasteiger charge is 2.18. The molecule has 4 nitrogen and oxygen atoms in total. The SMILES string of the molecule is COCCN(CC(C)C)c1cc(OC(F)F)c(F)cc1N. The predicted octanol–water partition coefficient (Wildman–Crippen LogP) is 3.12. The molecule has 0 atom stereocenters. The summed E-state index contributed by atoms with van der Waals surface area (Å²) in [5.74, 6) is -1.11. The van der Waals surface area contributed by atoms with Crippen LogP contribution in [0.5, 0.6) is 5.75 Å². The maximum Gasteiger partial charge on any atom is 0.387 e. The van der Waals surface area contributed by atoms with E-state index in [1.807, 2.05) is 18.7 Å². The van der Waals surface area contributed by atoms with Gasteiger partial charge < -0.3 is 20.1 Å². The van der Waals surface area contributed by atoms with Crippen LogP contribution in [0.1, 0.15) is 13.8 Å². The highest BCUT2D eigenvalue weighted by Crippen LogP contribution is 2.32. The first kappa shape index (κ1) is 17.4. The molecule has 0 radical (unpaired) electrons. The minimum atomic E-state index is -3.09. The molecule has 0 saturated carbocycles. The highest BCUT2D eigenvalue weighted by molar-refractivity contribution is 5.70. The van der Waals surface area contributed by atoms with Crippen LogP contribution in [0.2, 0.25) is 0 Å². The molecule has 21 heavy (non-hydrogen) atoms. The molecule has 0 aliphatic carbocycles. The molecule has 0 spiro atoms. The lowest BCUT2D eigenvalue weighted by molar-refractivity contribution is -0.0521. The van der Waals surface area contributed by atoms with Gasteiger partial charge in [-0.1, -0.05) is 13.8 Å². The molecule has 120 valence electrons. The summed E-state index contributed by atoms with van der Waals surface area (Å²) in [4.78, 5) is 1.86. The summed E-state index contributed by atoms with van der Waals surface area (Å²) in [6.07, 6.45) is 0. The van der Waals surface area contributed by atoms with Gasteiger partial charge in [-0.2, -0.15) is 8.78 Å². The third kappa shape index (κ3) is 5.34. The number of methoxy groups -OCH3 is 1. The van der Waals surface area contributed by atoms with E-state index in [0.29, 0.717) is 31.3 Å². The van der Waals surface area contributed by atoms with Crippen molar-refractivity contribution in [3.8, 4) is 5.75 Å². The van der Waals surface area contributed by atoms with Gasteiger partial charge in [0, 0.05) is 32.3 Å². The maximum atomic E-state index is 13.6. The fourth-order valence-electron chi connectivity index (χ4n) is 1.97. The van der Waals surface area contributed by atoms with Crippen LogP contribution in [-0.2, 0) is 4.74 Å². The lowest BCUT2D eigenvalue weighted by atomic mass is 10.1. The van der Waals surface area contributed by atoms with E-state index in [1.54, 1.807) is 7.11 Å². The van der Waals surface area contributed by atoms with Crippen molar-refractivity contribution in [1.82, 2.24) is 0 Å². The second-order valence-electron chi connectivity index (χ2n) is 5.05. The van der Waals surface area contributed by atoms with Gasteiger partial charge >= 0.3 is 6.61 Å². The molecule has 0 unspecified atom stereocenters. The number of nitrogen functional groups attached to an aromatic ring is 1. The Hall–Kier alpha value is -1.63. The summed E-state index contributed by atoms with van der Waals surface area (Å²) in [7, 11) is 1.56. The van der Waals surface area contributed by atoms with E-state index in [0.717, 1.165) is 6.07 Å². The topological polar surface area (TPSA) is 47.7 Å². The van der Waals surface area contributed by atoms with Crippen molar-refractivity contribution in [2.45, 2.75) is 20.5 Å². The van der Waals surface area contributed by atoms with Crippen molar-refractivity contribution in [2.75, 3.05) is 37.4 Å². The first-order valence-electron chi connectivity index (χ1n) is 6.62. The zero-order valence-corrected chi connectivity index (χ0v) is 12.4. The van der Waals surface area contributed by atoms with Crippen LogP contribution in [0.4, 0.5) is 24.5 Å².